The summed E-state index contributed by atoms with van der Waals surface area (Å²) in [6.07, 6.45) is 50.3. The molecule has 0 aromatic rings. The van der Waals surface area contributed by atoms with Crippen molar-refractivity contribution in [3.8, 4) is 0 Å². The first-order chi connectivity index (χ1) is 24.6. The van der Waals surface area contributed by atoms with Crippen LogP contribution in [0.15, 0.2) is 36.5 Å². The molecule has 0 aliphatic carbocycles. The number of rotatable bonds is 39. The molecule has 5 nitrogen and oxygen atoms in total. The van der Waals surface area contributed by atoms with Crippen molar-refractivity contribution in [2.75, 3.05) is 6.61 Å². The van der Waals surface area contributed by atoms with Crippen molar-refractivity contribution in [3.63, 3.8) is 0 Å². The molecule has 294 valence electrons. The Morgan fingerprint density at radius 3 is 1.22 bits per heavy atom. The molecule has 0 aliphatic rings. The Morgan fingerprint density at radius 1 is 0.480 bits per heavy atom. The molecular weight excluding hydrogens is 618 g/mol. The molecule has 3 unspecified atom stereocenters. The number of hydrogen-bond acceptors (Lipinski definition) is 4. The topological polar surface area (TPSA) is 89.8 Å². The molecule has 4 N–H and O–H groups in total. The molecule has 0 saturated heterocycles. The first kappa shape index (κ1) is 48.6. The fourth-order valence-corrected chi connectivity index (χ4v) is 6.51. The van der Waals surface area contributed by atoms with Gasteiger partial charge in [-0.15, -0.1) is 0 Å². The van der Waals surface area contributed by atoms with Crippen molar-refractivity contribution < 1.29 is 20.1 Å². The Kier molecular flexibility index (Phi) is 39.2. The zero-order valence-corrected chi connectivity index (χ0v) is 33.3. The molecule has 0 rings (SSSR count). The van der Waals surface area contributed by atoms with E-state index in [1.54, 1.807) is 6.08 Å². The molecule has 0 radical (unpaired) electrons. The normalized spacial score (nSPS) is 13.9. The van der Waals surface area contributed by atoms with E-state index in [2.05, 4.69) is 43.5 Å². The number of allylic oxidation sites excluding steroid dienone is 5. The fraction of sp³-hybridized carbons (Fsp3) is 0.844. The van der Waals surface area contributed by atoms with Gasteiger partial charge in [0.2, 0.25) is 5.91 Å². The maximum Gasteiger partial charge on any atom is 0.249 e. The molecule has 0 aliphatic heterocycles. The summed E-state index contributed by atoms with van der Waals surface area (Å²) in [5.74, 6) is -0.516. The summed E-state index contributed by atoms with van der Waals surface area (Å²) >= 11 is 0. The number of aliphatic hydroxyl groups is 3. The Hall–Kier alpha value is -1.43. The molecule has 50 heavy (non-hydrogen) atoms. The highest BCUT2D eigenvalue weighted by molar-refractivity contribution is 5.80. The molecule has 0 aromatic heterocycles. The predicted octanol–water partition coefficient (Wildman–Crippen LogP) is 12.4. The average Bonchev–Trinajstić information content (AvgIpc) is 3.12. The molecular formula is C45H85NO4. The summed E-state index contributed by atoms with van der Waals surface area (Å²) in [5, 5.41) is 33.1. The molecule has 0 aromatic carbocycles. The lowest BCUT2D eigenvalue weighted by Gasteiger charge is -2.21. The number of carbonyl (C=O) groups is 1. The van der Waals surface area contributed by atoms with Crippen LogP contribution in [0.4, 0.5) is 0 Å². The van der Waals surface area contributed by atoms with Crippen LogP contribution in [-0.2, 0) is 4.79 Å². The van der Waals surface area contributed by atoms with Gasteiger partial charge in [-0.1, -0.05) is 211 Å². The maximum atomic E-state index is 12.4. The van der Waals surface area contributed by atoms with E-state index < -0.39 is 24.2 Å². The summed E-state index contributed by atoms with van der Waals surface area (Å²) in [6.45, 7) is 4.16. The van der Waals surface area contributed by atoms with Crippen molar-refractivity contribution >= 4 is 5.91 Å². The molecule has 5 heteroatoms. The maximum absolute atomic E-state index is 12.4. The second kappa shape index (κ2) is 40.3. The van der Waals surface area contributed by atoms with Crippen molar-refractivity contribution in [2.45, 2.75) is 238 Å². The predicted molar refractivity (Wildman–Crippen MR) is 218 cm³/mol. The molecule has 0 heterocycles. The highest BCUT2D eigenvalue weighted by Crippen LogP contribution is 2.15. The molecule has 0 bridgehead atoms. The third-order valence-electron chi connectivity index (χ3n) is 9.96. The summed E-state index contributed by atoms with van der Waals surface area (Å²) in [6, 6.07) is -0.818. The van der Waals surface area contributed by atoms with Crippen LogP contribution in [0.25, 0.3) is 0 Å². The second-order valence-electron chi connectivity index (χ2n) is 14.9. The van der Waals surface area contributed by atoms with Gasteiger partial charge in [-0.25, -0.2) is 0 Å². The standard InChI is InChI=1S/C45H85NO4/c1-3-5-7-9-11-13-15-17-19-20-21-22-23-24-25-26-28-29-31-33-35-37-39-43(48)42(41-47)46-45(50)44(49)40-38-36-34-32-30-27-18-16-14-12-10-8-6-4-2/h24-25,29,31,37,39,42-44,47-49H,3-23,26-28,30,32-36,38,40-41H2,1-2H3,(H,46,50)/b25-24+,31-29+,39-37+. The van der Waals surface area contributed by atoms with Crippen LogP contribution in [0.5, 0.6) is 0 Å². The molecule has 1 amide bonds. The Morgan fingerprint density at radius 2 is 0.820 bits per heavy atom. The smallest absolute Gasteiger partial charge is 0.249 e. The van der Waals surface area contributed by atoms with Crippen LogP contribution in [0.3, 0.4) is 0 Å². The average molecular weight is 704 g/mol. The van der Waals surface area contributed by atoms with Crippen LogP contribution in [0, 0.1) is 0 Å². The number of amides is 1. The number of nitrogens with one attached hydrogen (secondary N) is 1. The second-order valence-corrected chi connectivity index (χ2v) is 14.9. The highest BCUT2D eigenvalue weighted by Gasteiger charge is 2.22. The SMILES string of the molecule is CCCCCCCCCCCCCC/C=C/CC/C=C/CC/C=C/C(O)C(CO)NC(=O)C(O)CCCCCCCCCCCCCCCC. The minimum Gasteiger partial charge on any atom is -0.394 e. The number of carbonyl (C=O) groups excluding carboxylic acids is 1. The third kappa shape index (κ3) is 35.0. The lowest BCUT2D eigenvalue weighted by atomic mass is 10.0. The van der Waals surface area contributed by atoms with Crippen LogP contribution >= 0.6 is 0 Å². The first-order valence-corrected chi connectivity index (χ1v) is 21.8. The Bertz CT molecular complexity index is 779. The van der Waals surface area contributed by atoms with Crippen LogP contribution in [-0.4, -0.2) is 46.1 Å². The van der Waals surface area contributed by atoms with Crippen molar-refractivity contribution in [1.29, 1.82) is 0 Å². The highest BCUT2D eigenvalue weighted by atomic mass is 16.3. The fourth-order valence-electron chi connectivity index (χ4n) is 6.51. The van der Waals surface area contributed by atoms with Gasteiger partial charge in [0.05, 0.1) is 18.8 Å². The van der Waals surface area contributed by atoms with E-state index in [9.17, 15) is 20.1 Å². The van der Waals surface area contributed by atoms with Crippen LogP contribution in [0.2, 0.25) is 0 Å². The number of unbranched alkanes of at least 4 members (excludes halogenated alkanes) is 27. The van der Waals surface area contributed by atoms with Crippen LogP contribution in [0.1, 0.15) is 219 Å². The van der Waals surface area contributed by atoms with Gasteiger partial charge in [0.1, 0.15) is 6.10 Å². The molecule has 0 spiro atoms. The summed E-state index contributed by atoms with van der Waals surface area (Å²) < 4.78 is 0. The molecule has 3 atom stereocenters. The zero-order chi connectivity index (χ0) is 36.6. The van der Waals surface area contributed by atoms with Gasteiger partial charge in [-0.2, -0.15) is 0 Å². The number of hydrogen-bond donors (Lipinski definition) is 4. The van der Waals surface area contributed by atoms with Crippen molar-refractivity contribution in [1.82, 2.24) is 5.32 Å². The summed E-state index contributed by atoms with van der Waals surface area (Å²) in [7, 11) is 0. The lowest BCUT2D eigenvalue weighted by Crippen LogP contribution is -2.48. The van der Waals surface area contributed by atoms with Gasteiger partial charge < -0.3 is 20.6 Å². The minimum atomic E-state index is -1.10. The molecule has 0 fully saturated rings. The zero-order valence-electron chi connectivity index (χ0n) is 33.3. The van der Waals surface area contributed by atoms with Gasteiger partial charge in [-0.3, -0.25) is 4.79 Å². The van der Waals surface area contributed by atoms with E-state index in [0.29, 0.717) is 6.42 Å². The van der Waals surface area contributed by atoms with Gasteiger partial charge in [0.15, 0.2) is 0 Å². The summed E-state index contributed by atoms with van der Waals surface area (Å²) in [5.41, 5.74) is 0. The van der Waals surface area contributed by atoms with Gasteiger partial charge in [0, 0.05) is 0 Å². The summed E-state index contributed by atoms with van der Waals surface area (Å²) in [4.78, 5) is 12.4. The van der Waals surface area contributed by atoms with Gasteiger partial charge in [-0.05, 0) is 44.9 Å². The largest absolute Gasteiger partial charge is 0.394 e. The minimum absolute atomic E-state index is 0.379. The monoisotopic (exact) mass is 704 g/mol. The Balaban J connectivity index is 3.74. The lowest BCUT2D eigenvalue weighted by molar-refractivity contribution is -0.131. The van der Waals surface area contributed by atoms with E-state index in [0.717, 1.165) is 44.9 Å². The van der Waals surface area contributed by atoms with Crippen molar-refractivity contribution in [2.24, 2.45) is 0 Å². The quantitative estimate of drug-likeness (QED) is 0.0379. The van der Waals surface area contributed by atoms with E-state index in [4.69, 9.17) is 0 Å². The number of aliphatic hydroxyl groups excluding tert-OH is 3. The van der Waals surface area contributed by atoms with E-state index in [1.807, 2.05) is 6.08 Å². The van der Waals surface area contributed by atoms with Gasteiger partial charge in [0.25, 0.3) is 0 Å². The van der Waals surface area contributed by atoms with E-state index >= 15 is 0 Å². The van der Waals surface area contributed by atoms with Crippen LogP contribution < -0.4 is 5.32 Å². The third-order valence-corrected chi connectivity index (χ3v) is 9.96. The van der Waals surface area contributed by atoms with E-state index in [1.165, 1.54) is 154 Å². The van der Waals surface area contributed by atoms with Gasteiger partial charge >= 0.3 is 0 Å². The van der Waals surface area contributed by atoms with E-state index in [-0.39, 0.29) is 6.61 Å². The van der Waals surface area contributed by atoms with Crippen molar-refractivity contribution in [3.05, 3.63) is 36.5 Å². The molecule has 0 saturated carbocycles. The Labute approximate surface area is 311 Å². The first-order valence-electron chi connectivity index (χ1n) is 21.8.